The van der Waals surface area contributed by atoms with E-state index in [0.717, 1.165) is 25.7 Å². The standard InChI is InChI=1S/C17H23NO3/c1-19-15-7-4-8-16(12-15)20-10-5-11-21-17-9-3-2-6-14(17)13-18/h2-3,6,9,15-16H,4-5,7-8,10-12H2,1H3. The van der Waals surface area contributed by atoms with Gasteiger partial charge in [0.1, 0.15) is 11.8 Å². The first kappa shape index (κ1) is 15.8. The predicted molar refractivity (Wildman–Crippen MR) is 80.3 cm³/mol. The topological polar surface area (TPSA) is 51.5 Å². The molecule has 1 aliphatic rings. The molecule has 0 aliphatic heterocycles. The van der Waals surface area contributed by atoms with Crippen molar-refractivity contribution in [1.82, 2.24) is 0 Å². The third-order valence-electron chi connectivity index (χ3n) is 3.82. The second-order valence-corrected chi connectivity index (χ2v) is 5.33. The fourth-order valence-corrected chi connectivity index (χ4v) is 2.64. The Morgan fingerprint density at radius 3 is 2.81 bits per heavy atom. The molecule has 2 atom stereocenters. The zero-order valence-corrected chi connectivity index (χ0v) is 12.6. The average molecular weight is 289 g/mol. The van der Waals surface area contributed by atoms with Crippen LogP contribution in [0.5, 0.6) is 5.75 Å². The second kappa shape index (κ2) is 8.66. The SMILES string of the molecule is COC1CCCC(OCCCOc2ccccc2C#N)C1. The average Bonchev–Trinajstić information content (AvgIpc) is 2.55. The number of rotatable bonds is 7. The van der Waals surface area contributed by atoms with Gasteiger partial charge in [-0.1, -0.05) is 12.1 Å². The van der Waals surface area contributed by atoms with Crippen LogP contribution in [0.15, 0.2) is 24.3 Å². The van der Waals surface area contributed by atoms with Gasteiger partial charge in [-0.3, -0.25) is 0 Å². The maximum absolute atomic E-state index is 8.97. The van der Waals surface area contributed by atoms with Crippen LogP contribution in [0.3, 0.4) is 0 Å². The minimum Gasteiger partial charge on any atom is -0.492 e. The second-order valence-electron chi connectivity index (χ2n) is 5.33. The largest absolute Gasteiger partial charge is 0.492 e. The Balaban J connectivity index is 1.63. The Hall–Kier alpha value is -1.57. The van der Waals surface area contributed by atoms with Gasteiger partial charge >= 0.3 is 0 Å². The summed E-state index contributed by atoms with van der Waals surface area (Å²) in [5.74, 6) is 0.650. The van der Waals surface area contributed by atoms with E-state index in [1.54, 1.807) is 13.2 Å². The number of nitriles is 1. The molecule has 0 heterocycles. The number of hydrogen-bond donors (Lipinski definition) is 0. The van der Waals surface area contributed by atoms with Gasteiger partial charge in [-0.25, -0.2) is 0 Å². The molecule has 0 radical (unpaired) electrons. The molecule has 0 N–H and O–H groups in total. The molecule has 0 bridgehead atoms. The molecule has 1 aromatic rings. The Morgan fingerprint density at radius 1 is 1.19 bits per heavy atom. The predicted octanol–water partition coefficient (Wildman–Crippen LogP) is 3.30. The maximum atomic E-state index is 8.97. The van der Waals surface area contributed by atoms with E-state index in [1.807, 2.05) is 18.2 Å². The summed E-state index contributed by atoms with van der Waals surface area (Å²) in [5, 5.41) is 8.97. The van der Waals surface area contributed by atoms with Gasteiger partial charge < -0.3 is 14.2 Å². The van der Waals surface area contributed by atoms with E-state index in [0.29, 0.717) is 36.7 Å². The summed E-state index contributed by atoms with van der Waals surface area (Å²) in [6.07, 6.45) is 5.93. The molecule has 0 saturated heterocycles. The van der Waals surface area contributed by atoms with Crippen LogP contribution in [-0.2, 0) is 9.47 Å². The molecule has 2 unspecified atom stereocenters. The van der Waals surface area contributed by atoms with Gasteiger partial charge in [0.15, 0.2) is 0 Å². The zero-order valence-electron chi connectivity index (χ0n) is 12.6. The molecule has 0 amide bonds. The van der Waals surface area contributed by atoms with Gasteiger partial charge in [0.05, 0.1) is 31.0 Å². The first-order valence-corrected chi connectivity index (χ1v) is 7.60. The van der Waals surface area contributed by atoms with Crippen LogP contribution in [0.1, 0.15) is 37.7 Å². The minimum absolute atomic E-state index is 0.315. The van der Waals surface area contributed by atoms with E-state index in [1.165, 1.54) is 6.42 Å². The highest BCUT2D eigenvalue weighted by molar-refractivity contribution is 5.42. The molecular weight excluding hydrogens is 266 g/mol. The summed E-state index contributed by atoms with van der Waals surface area (Å²) in [7, 11) is 1.77. The summed E-state index contributed by atoms with van der Waals surface area (Å²) in [6, 6.07) is 9.43. The van der Waals surface area contributed by atoms with E-state index in [9.17, 15) is 0 Å². The monoisotopic (exact) mass is 289 g/mol. The first-order valence-electron chi connectivity index (χ1n) is 7.60. The van der Waals surface area contributed by atoms with Gasteiger partial charge in [-0.15, -0.1) is 0 Å². The van der Waals surface area contributed by atoms with Gasteiger partial charge in [-0.2, -0.15) is 5.26 Å². The van der Waals surface area contributed by atoms with Crippen molar-refractivity contribution in [2.24, 2.45) is 0 Å². The van der Waals surface area contributed by atoms with Gasteiger partial charge in [-0.05, 0) is 37.8 Å². The molecule has 1 fully saturated rings. The summed E-state index contributed by atoms with van der Waals surface area (Å²) in [5.41, 5.74) is 0.577. The van der Waals surface area contributed by atoms with Gasteiger partial charge in [0.25, 0.3) is 0 Å². The molecule has 0 spiro atoms. The lowest BCUT2D eigenvalue weighted by atomic mass is 9.95. The molecule has 4 heteroatoms. The van der Waals surface area contributed by atoms with Gasteiger partial charge in [0, 0.05) is 13.5 Å². The Bertz CT molecular complexity index is 469. The van der Waals surface area contributed by atoms with Crippen LogP contribution in [-0.4, -0.2) is 32.5 Å². The van der Waals surface area contributed by atoms with Crippen LogP contribution < -0.4 is 4.74 Å². The van der Waals surface area contributed by atoms with Crippen LogP contribution >= 0.6 is 0 Å². The lowest BCUT2D eigenvalue weighted by Gasteiger charge is -2.28. The molecule has 0 aromatic heterocycles. The van der Waals surface area contributed by atoms with Crippen LogP contribution in [0, 0.1) is 11.3 Å². The van der Waals surface area contributed by atoms with E-state index in [2.05, 4.69) is 6.07 Å². The summed E-state index contributed by atoms with van der Waals surface area (Å²) >= 11 is 0. The van der Waals surface area contributed by atoms with Crippen LogP contribution in [0.2, 0.25) is 0 Å². The quantitative estimate of drug-likeness (QED) is 0.723. The number of para-hydroxylation sites is 1. The van der Waals surface area contributed by atoms with Crippen molar-refractivity contribution in [3.8, 4) is 11.8 Å². The van der Waals surface area contributed by atoms with Crippen molar-refractivity contribution in [1.29, 1.82) is 5.26 Å². The first-order chi connectivity index (χ1) is 10.3. The highest BCUT2D eigenvalue weighted by atomic mass is 16.5. The van der Waals surface area contributed by atoms with E-state index >= 15 is 0 Å². The highest BCUT2D eigenvalue weighted by Gasteiger charge is 2.21. The van der Waals surface area contributed by atoms with Crippen molar-refractivity contribution in [3.63, 3.8) is 0 Å². The fourth-order valence-electron chi connectivity index (χ4n) is 2.64. The third-order valence-corrected chi connectivity index (χ3v) is 3.82. The highest BCUT2D eigenvalue weighted by Crippen LogP contribution is 2.23. The van der Waals surface area contributed by atoms with E-state index in [-0.39, 0.29) is 0 Å². The lowest BCUT2D eigenvalue weighted by molar-refractivity contribution is -0.0317. The van der Waals surface area contributed by atoms with Crippen molar-refractivity contribution >= 4 is 0 Å². The molecule has 1 aliphatic carbocycles. The number of ether oxygens (including phenoxy) is 3. The molecule has 21 heavy (non-hydrogen) atoms. The summed E-state index contributed by atoms with van der Waals surface area (Å²) in [4.78, 5) is 0. The molecule has 2 rings (SSSR count). The molecular formula is C17H23NO3. The maximum Gasteiger partial charge on any atom is 0.137 e. The fraction of sp³-hybridized carbons (Fsp3) is 0.588. The Kier molecular flexibility index (Phi) is 6.52. The number of benzene rings is 1. The minimum atomic E-state index is 0.315. The Morgan fingerprint density at radius 2 is 2.00 bits per heavy atom. The van der Waals surface area contributed by atoms with Gasteiger partial charge in [0.2, 0.25) is 0 Å². The third kappa shape index (κ3) is 5.04. The van der Waals surface area contributed by atoms with Crippen molar-refractivity contribution in [3.05, 3.63) is 29.8 Å². The van der Waals surface area contributed by atoms with Crippen molar-refractivity contribution < 1.29 is 14.2 Å². The van der Waals surface area contributed by atoms with Crippen molar-refractivity contribution in [2.45, 2.75) is 44.3 Å². The van der Waals surface area contributed by atoms with Crippen LogP contribution in [0.25, 0.3) is 0 Å². The van der Waals surface area contributed by atoms with Crippen molar-refractivity contribution in [2.75, 3.05) is 20.3 Å². The van der Waals surface area contributed by atoms with Crippen LogP contribution in [0.4, 0.5) is 0 Å². The molecule has 114 valence electrons. The van der Waals surface area contributed by atoms with E-state index in [4.69, 9.17) is 19.5 Å². The number of hydrogen-bond acceptors (Lipinski definition) is 4. The van der Waals surface area contributed by atoms with E-state index < -0.39 is 0 Å². The summed E-state index contributed by atoms with van der Waals surface area (Å²) < 4.78 is 16.9. The smallest absolute Gasteiger partial charge is 0.137 e. The normalized spacial score (nSPS) is 21.7. The zero-order chi connectivity index (χ0) is 14.9. The molecule has 4 nitrogen and oxygen atoms in total. The lowest BCUT2D eigenvalue weighted by Crippen LogP contribution is -2.28. The molecule has 1 saturated carbocycles. The molecule has 1 aromatic carbocycles. The number of methoxy groups -OCH3 is 1. The Labute approximate surface area is 126 Å². The summed E-state index contributed by atoms with van der Waals surface area (Å²) in [6.45, 7) is 1.26. The number of nitrogens with zero attached hydrogens (tertiary/aromatic N) is 1.